The molecule has 2 heteroatoms. The van der Waals surface area contributed by atoms with Gasteiger partial charge in [-0.15, -0.1) is 0 Å². The smallest absolute Gasteiger partial charge is 0.124 e. The second-order valence-electron chi connectivity index (χ2n) is 7.40. The lowest BCUT2D eigenvalue weighted by molar-refractivity contribution is 0.285. The first-order valence-corrected chi connectivity index (χ1v) is 8.25. The molecule has 120 valence electrons. The number of rotatable bonds is 6. The van der Waals surface area contributed by atoms with Crippen molar-refractivity contribution < 1.29 is 4.74 Å². The van der Waals surface area contributed by atoms with Crippen molar-refractivity contribution in [1.82, 2.24) is 5.32 Å². The molecule has 0 atom stereocenters. The van der Waals surface area contributed by atoms with Gasteiger partial charge in [-0.1, -0.05) is 44.2 Å². The molecule has 2 aromatic rings. The number of benzene rings is 2. The van der Waals surface area contributed by atoms with Crippen molar-refractivity contribution in [2.24, 2.45) is 5.92 Å². The number of fused-ring (bicyclic) bond motifs is 1. The minimum Gasteiger partial charge on any atom is -0.493 e. The van der Waals surface area contributed by atoms with Crippen LogP contribution in [0.1, 0.15) is 46.6 Å². The summed E-state index contributed by atoms with van der Waals surface area (Å²) in [6.07, 6.45) is 1.08. The van der Waals surface area contributed by atoms with Crippen molar-refractivity contribution >= 4 is 10.8 Å². The van der Waals surface area contributed by atoms with Crippen molar-refractivity contribution in [3.63, 3.8) is 0 Å². The van der Waals surface area contributed by atoms with Crippen molar-refractivity contribution in [3.05, 3.63) is 42.0 Å². The van der Waals surface area contributed by atoms with Crippen LogP contribution in [0.25, 0.3) is 10.8 Å². The van der Waals surface area contributed by atoms with Gasteiger partial charge in [-0.05, 0) is 49.9 Å². The lowest BCUT2D eigenvalue weighted by atomic mass is 10.0. The fraction of sp³-hybridized carbons (Fsp3) is 0.500. The summed E-state index contributed by atoms with van der Waals surface area (Å²) >= 11 is 0. The number of nitrogens with one attached hydrogen (secondary N) is 1. The zero-order valence-corrected chi connectivity index (χ0v) is 14.6. The predicted molar refractivity (Wildman–Crippen MR) is 95.5 cm³/mol. The monoisotopic (exact) mass is 299 g/mol. The van der Waals surface area contributed by atoms with Gasteiger partial charge in [0.1, 0.15) is 5.75 Å². The van der Waals surface area contributed by atoms with Crippen LogP contribution in [0.4, 0.5) is 0 Å². The Hall–Kier alpha value is -1.54. The Morgan fingerprint density at radius 3 is 2.45 bits per heavy atom. The molecular weight excluding hydrogens is 270 g/mol. The Bertz CT molecular complexity index is 611. The number of hydrogen-bond donors (Lipinski definition) is 1. The van der Waals surface area contributed by atoms with Gasteiger partial charge in [0, 0.05) is 17.6 Å². The van der Waals surface area contributed by atoms with Gasteiger partial charge in [0.15, 0.2) is 0 Å². The highest BCUT2D eigenvalue weighted by atomic mass is 16.5. The van der Waals surface area contributed by atoms with E-state index in [0.29, 0.717) is 5.92 Å². The molecule has 2 rings (SSSR count). The van der Waals surface area contributed by atoms with E-state index < -0.39 is 0 Å². The second kappa shape index (κ2) is 7.15. The van der Waals surface area contributed by atoms with Crippen LogP contribution < -0.4 is 10.1 Å². The van der Waals surface area contributed by atoms with Crippen LogP contribution >= 0.6 is 0 Å². The van der Waals surface area contributed by atoms with Crippen LogP contribution in [0.3, 0.4) is 0 Å². The highest BCUT2D eigenvalue weighted by Gasteiger charge is 2.13. The summed E-state index contributed by atoms with van der Waals surface area (Å²) in [5.41, 5.74) is 1.35. The molecule has 22 heavy (non-hydrogen) atoms. The maximum Gasteiger partial charge on any atom is 0.124 e. The molecule has 2 nitrogen and oxygen atoms in total. The maximum absolute atomic E-state index is 6.08. The van der Waals surface area contributed by atoms with Gasteiger partial charge in [0.25, 0.3) is 0 Å². The molecule has 0 aliphatic heterocycles. The van der Waals surface area contributed by atoms with Gasteiger partial charge < -0.3 is 10.1 Å². The van der Waals surface area contributed by atoms with E-state index in [4.69, 9.17) is 4.74 Å². The molecule has 0 saturated carbocycles. The van der Waals surface area contributed by atoms with E-state index in [9.17, 15) is 0 Å². The molecule has 1 N–H and O–H groups in total. The molecule has 0 aromatic heterocycles. The third-order valence-corrected chi connectivity index (χ3v) is 3.75. The second-order valence-corrected chi connectivity index (χ2v) is 7.40. The molecule has 0 fully saturated rings. The first-order chi connectivity index (χ1) is 10.4. The first-order valence-electron chi connectivity index (χ1n) is 8.25. The molecule has 0 radical (unpaired) electrons. The first kappa shape index (κ1) is 16.8. The summed E-state index contributed by atoms with van der Waals surface area (Å²) < 4.78 is 6.08. The fourth-order valence-electron chi connectivity index (χ4n) is 2.39. The fourth-order valence-corrected chi connectivity index (χ4v) is 2.39. The van der Waals surface area contributed by atoms with Gasteiger partial charge in [-0.25, -0.2) is 0 Å². The van der Waals surface area contributed by atoms with Crippen molar-refractivity contribution in [1.29, 1.82) is 0 Å². The molecule has 0 unspecified atom stereocenters. The average Bonchev–Trinajstić information content (AvgIpc) is 2.44. The summed E-state index contributed by atoms with van der Waals surface area (Å²) in [6, 6.07) is 12.8. The van der Waals surface area contributed by atoms with E-state index in [2.05, 4.69) is 76.3 Å². The zero-order valence-electron chi connectivity index (χ0n) is 14.6. The average molecular weight is 299 g/mol. The molecule has 0 bridgehead atoms. The van der Waals surface area contributed by atoms with Gasteiger partial charge in [-0.3, -0.25) is 0 Å². The number of hydrogen-bond acceptors (Lipinski definition) is 2. The summed E-state index contributed by atoms with van der Waals surface area (Å²) in [5.74, 6) is 1.67. The Morgan fingerprint density at radius 1 is 1.05 bits per heavy atom. The predicted octanol–water partition coefficient (Wildman–Crippen LogP) is 5.15. The molecule has 0 amide bonds. The number of ether oxygens (including phenoxy) is 1. The topological polar surface area (TPSA) is 21.3 Å². The molecule has 0 heterocycles. The standard InChI is InChI=1S/C20H29NO/c1-15(2)12-13-22-19-11-10-16-8-6-7-9-17(16)18(19)14-21-20(3,4)5/h6-11,15,21H,12-14H2,1-5H3. The van der Waals surface area contributed by atoms with Crippen LogP contribution in [0.5, 0.6) is 5.75 Å². The van der Waals surface area contributed by atoms with Gasteiger partial charge in [-0.2, -0.15) is 0 Å². The minimum absolute atomic E-state index is 0.0894. The highest BCUT2D eigenvalue weighted by molar-refractivity contribution is 5.87. The molecule has 0 aliphatic rings. The Balaban J connectivity index is 2.28. The Labute approximate surface area is 134 Å². The van der Waals surface area contributed by atoms with Crippen LogP contribution in [-0.4, -0.2) is 12.1 Å². The summed E-state index contributed by atoms with van der Waals surface area (Å²) in [4.78, 5) is 0. The van der Waals surface area contributed by atoms with Crippen LogP contribution in [0.15, 0.2) is 36.4 Å². The Kier molecular flexibility index (Phi) is 5.47. The quantitative estimate of drug-likeness (QED) is 0.796. The molecule has 0 spiro atoms. The van der Waals surface area contributed by atoms with E-state index in [1.807, 2.05) is 0 Å². The largest absolute Gasteiger partial charge is 0.493 e. The van der Waals surface area contributed by atoms with Crippen molar-refractivity contribution in [3.8, 4) is 5.75 Å². The third kappa shape index (κ3) is 4.74. The van der Waals surface area contributed by atoms with Gasteiger partial charge in [0.2, 0.25) is 0 Å². The lowest BCUT2D eigenvalue weighted by Crippen LogP contribution is -2.35. The molecule has 0 saturated heterocycles. The van der Waals surface area contributed by atoms with Crippen LogP contribution in [0, 0.1) is 5.92 Å². The summed E-state index contributed by atoms with van der Waals surface area (Å²) in [5, 5.41) is 6.14. The molecule has 0 aliphatic carbocycles. The maximum atomic E-state index is 6.08. The zero-order chi connectivity index (χ0) is 16.2. The molecule has 2 aromatic carbocycles. The molecular formula is C20H29NO. The van der Waals surface area contributed by atoms with E-state index in [1.54, 1.807) is 0 Å². The van der Waals surface area contributed by atoms with Crippen molar-refractivity contribution in [2.45, 2.75) is 53.1 Å². The van der Waals surface area contributed by atoms with Crippen LogP contribution in [-0.2, 0) is 6.54 Å². The van der Waals surface area contributed by atoms with E-state index >= 15 is 0 Å². The summed E-state index contributed by atoms with van der Waals surface area (Å²) in [7, 11) is 0. The Morgan fingerprint density at radius 2 is 1.77 bits per heavy atom. The van der Waals surface area contributed by atoms with E-state index in [-0.39, 0.29) is 5.54 Å². The van der Waals surface area contributed by atoms with Gasteiger partial charge in [0.05, 0.1) is 6.61 Å². The van der Waals surface area contributed by atoms with Crippen molar-refractivity contribution in [2.75, 3.05) is 6.61 Å². The third-order valence-electron chi connectivity index (χ3n) is 3.75. The SMILES string of the molecule is CC(C)CCOc1ccc2ccccc2c1CNC(C)(C)C. The highest BCUT2D eigenvalue weighted by Crippen LogP contribution is 2.29. The van der Waals surface area contributed by atoms with Crippen LogP contribution in [0.2, 0.25) is 0 Å². The minimum atomic E-state index is 0.0894. The lowest BCUT2D eigenvalue weighted by Gasteiger charge is -2.23. The van der Waals surface area contributed by atoms with E-state index in [1.165, 1.54) is 16.3 Å². The van der Waals surface area contributed by atoms with Gasteiger partial charge >= 0.3 is 0 Å². The summed E-state index contributed by atoms with van der Waals surface area (Å²) in [6.45, 7) is 12.6. The normalized spacial score (nSPS) is 12.1. The van der Waals surface area contributed by atoms with E-state index in [0.717, 1.165) is 25.3 Å².